The third kappa shape index (κ3) is 3.06. The van der Waals surface area contributed by atoms with Gasteiger partial charge in [0.1, 0.15) is 5.82 Å². The Balaban J connectivity index is 1.78. The maximum absolute atomic E-state index is 14.5. The molecule has 27 heavy (non-hydrogen) atoms. The van der Waals surface area contributed by atoms with Crippen molar-refractivity contribution in [2.75, 3.05) is 5.32 Å². The van der Waals surface area contributed by atoms with E-state index in [1.807, 2.05) is 6.07 Å². The van der Waals surface area contributed by atoms with Gasteiger partial charge in [0, 0.05) is 17.7 Å². The van der Waals surface area contributed by atoms with Crippen molar-refractivity contribution in [3.8, 4) is 11.1 Å². The first-order valence-electron chi connectivity index (χ1n) is 8.31. The summed E-state index contributed by atoms with van der Waals surface area (Å²) in [5.41, 5.74) is 2.73. The van der Waals surface area contributed by atoms with E-state index in [0.29, 0.717) is 33.5 Å². The number of hydrogen-bond donors (Lipinski definition) is 2. The van der Waals surface area contributed by atoms with Crippen LogP contribution in [0.5, 0.6) is 0 Å². The molecule has 0 spiro atoms. The summed E-state index contributed by atoms with van der Waals surface area (Å²) in [7, 11) is 0. The fourth-order valence-electron chi connectivity index (χ4n) is 3.20. The number of halogens is 2. The fourth-order valence-corrected chi connectivity index (χ4v) is 3.37. The Labute approximate surface area is 160 Å². The van der Waals surface area contributed by atoms with Crippen LogP contribution in [0, 0.1) is 5.82 Å². The second kappa shape index (κ2) is 6.85. The van der Waals surface area contributed by atoms with E-state index in [-0.39, 0.29) is 23.4 Å². The summed E-state index contributed by atoms with van der Waals surface area (Å²) in [5.74, 6) is -1.17. The average molecular weight is 381 g/mol. The second-order valence-electron chi connectivity index (χ2n) is 6.12. The lowest BCUT2D eigenvalue weighted by Gasteiger charge is -2.13. The van der Waals surface area contributed by atoms with Crippen LogP contribution in [0.2, 0.25) is 5.02 Å². The molecule has 3 aromatic carbocycles. The van der Waals surface area contributed by atoms with Crippen LogP contribution in [-0.4, -0.2) is 11.8 Å². The second-order valence-corrected chi connectivity index (χ2v) is 6.53. The molecule has 4 nitrogen and oxygen atoms in total. The number of rotatable bonds is 3. The molecule has 6 heteroatoms. The molecule has 0 atom stereocenters. The first-order chi connectivity index (χ1) is 13.1. The van der Waals surface area contributed by atoms with E-state index in [2.05, 4.69) is 10.6 Å². The van der Waals surface area contributed by atoms with Crippen molar-refractivity contribution in [1.82, 2.24) is 5.32 Å². The Morgan fingerprint density at radius 1 is 1.00 bits per heavy atom. The lowest BCUT2D eigenvalue weighted by Crippen LogP contribution is -2.17. The Bertz CT molecular complexity index is 1070. The maximum Gasteiger partial charge on any atom is 0.255 e. The van der Waals surface area contributed by atoms with Crippen LogP contribution in [0.4, 0.5) is 10.1 Å². The molecule has 1 aliphatic rings. The summed E-state index contributed by atoms with van der Waals surface area (Å²) in [4.78, 5) is 24.8. The van der Waals surface area contributed by atoms with Crippen LogP contribution in [0.25, 0.3) is 11.1 Å². The van der Waals surface area contributed by atoms with Crippen LogP contribution in [0.1, 0.15) is 26.3 Å². The van der Waals surface area contributed by atoms with Crippen molar-refractivity contribution < 1.29 is 14.0 Å². The molecule has 0 aromatic heterocycles. The van der Waals surface area contributed by atoms with E-state index < -0.39 is 5.82 Å². The van der Waals surface area contributed by atoms with Crippen LogP contribution in [-0.2, 0) is 6.54 Å². The van der Waals surface area contributed by atoms with E-state index in [4.69, 9.17) is 11.6 Å². The molecule has 2 N–H and O–H groups in total. The van der Waals surface area contributed by atoms with Crippen LogP contribution in [0.15, 0.2) is 60.7 Å². The lowest BCUT2D eigenvalue weighted by atomic mass is 9.95. The van der Waals surface area contributed by atoms with Gasteiger partial charge in [-0.1, -0.05) is 48.0 Å². The molecular weight excluding hydrogens is 367 g/mol. The van der Waals surface area contributed by atoms with E-state index in [1.165, 1.54) is 6.07 Å². The molecule has 1 aliphatic heterocycles. The van der Waals surface area contributed by atoms with Crippen molar-refractivity contribution >= 4 is 29.1 Å². The number of benzene rings is 3. The highest BCUT2D eigenvalue weighted by Gasteiger charge is 2.27. The Hall–Kier alpha value is -3.18. The van der Waals surface area contributed by atoms with Gasteiger partial charge in [-0.15, -0.1) is 0 Å². The molecule has 0 radical (unpaired) electrons. The van der Waals surface area contributed by atoms with Gasteiger partial charge in [0.25, 0.3) is 11.8 Å². The molecule has 3 aromatic rings. The summed E-state index contributed by atoms with van der Waals surface area (Å²) in [5, 5.41) is 5.52. The number of carbonyl (C=O) groups excluding carboxylic acids is 2. The predicted molar refractivity (Wildman–Crippen MR) is 102 cm³/mol. The van der Waals surface area contributed by atoms with Gasteiger partial charge in [-0.05, 0) is 35.4 Å². The monoisotopic (exact) mass is 380 g/mol. The van der Waals surface area contributed by atoms with Crippen molar-refractivity contribution in [3.05, 3.63) is 88.2 Å². The Morgan fingerprint density at radius 3 is 2.56 bits per heavy atom. The third-order valence-electron chi connectivity index (χ3n) is 4.49. The van der Waals surface area contributed by atoms with E-state index in [1.54, 1.807) is 48.5 Å². The van der Waals surface area contributed by atoms with Gasteiger partial charge in [-0.2, -0.15) is 0 Å². The summed E-state index contributed by atoms with van der Waals surface area (Å²) < 4.78 is 14.5. The van der Waals surface area contributed by atoms with E-state index >= 15 is 0 Å². The first-order valence-corrected chi connectivity index (χ1v) is 8.69. The zero-order valence-corrected chi connectivity index (χ0v) is 14.8. The molecule has 0 saturated carbocycles. The number of fused-ring (bicyclic) bond motifs is 1. The predicted octanol–water partition coefficient (Wildman–Crippen LogP) is 4.64. The highest BCUT2D eigenvalue weighted by Crippen LogP contribution is 2.36. The van der Waals surface area contributed by atoms with Crippen LogP contribution < -0.4 is 10.6 Å². The van der Waals surface area contributed by atoms with Crippen LogP contribution >= 0.6 is 11.6 Å². The quantitative estimate of drug-likeness (QED) is 0.695. The number of anilines is 1. The van der Waals surface area contributed by atoms with Gasteiger partial charge >= 0.3 is 0 Å². The van der Waals surface area contributed by atoms with Crippen LogP contribution in [0.3, 0.4) is 0 Å². The zero-order chi connectivity index (χ0) is 19.0. The summed E-state index contributed by atoms with van der Waals surface area (Å²) in [6, 6.07) is 16.7. The highest BCUT2D eigenvalue weighted by atomic mass is 35.5. The van der Waals surface area contributed by atoms with Gasteiger partial charge in [0.15, 0.2) is 0 Å². The number of hydrogen-bond acceptors (Lipinski definition) is 2. The molecule has 1 heterocycles. The standard InChI is InChI=1S/C21H14ClFN2O2/c22-16-8-4-7-14(19(16)23)13-9-10-17(18-15(13)11-24-21(18)27)25-20(26)12-5-2-1-3-6-12/h1-10H,11H2,(H,24,27)(H,25,26). The highest BCUT2D eigenvalue weighted by molar-refractivity contribution is 6.31. The van der Waals surface area contributed by atoms with Crippen molar-refractivity contribution in [1.29, 1.82) is 0 Å². The fraction of sp³-hybridized carbons (Fsp3) is 0.0476. The maximum atomic E-state index is 14.5. The summed E-state index contributed by atoms with van der Waals surface area (Å²) in [6.07, 6.45) is 0. The minimum Gasteiger partial charge on any atom is -0.348 e. The number of nitrogens with one attached hydrogen (secondary N) is 2. The topological polar surface area (TPSA) is 58.2 Å². The molecule has 0 fully saturated rings. The minimum atomic E-state index is -0.540. The van der Waals surface area contributed by atoms with Crippen molar-refractivity contribution in [3.63, 3.8) is 0 Å². The van der Waals surface area contributed by atoms with Gasteiger partial charge in [-0.3, -0.25) is 9.59 Å². The zero-order valence-electron chi connectivity index (χ0n) is 14.1. The molecule has 0 aliphatic carbocycles. The molecule has 0 unspecified atom stereocenters. The smallest absolute Gasteiger partial charge is 0.255 e. The summed E-state index contributed by atoms with van der Waals surface area (Å²) >= 11 is 5.90. The SMILES string of the molecule is O=C(Nc1ccc(-c2cccc(Cl)c2F)c2c1C(=O)NC2)c1ccccc1. The molecule has 2 amide bonds. The normalized spacial score (nSPS) is 12.4. The molecule has 134 valence electrons. The Kier molecular flexibility index (Phi) is 4.38. The first kappa shape index (κ1) is 17.2. The lowest BCUT2D eigenvalue weighted by molar-refractivity contribution is 0.0966. The van der Waals surface area contributed by atoms with Gasteiger partial charge < -0.3 is 10.6 Å². The van der Waals surface area contributed by atoms with Crippen molar-refractivity contribution in [2.45, 2.75) is 6.54 Å². The number of carbonyl (C=O) groups is 2. The Morgan fingerprint density at radius 2 is 1.78 bits per heavy atom. The van der Waals surface area contributed by atoms with E-state index in [9.17, 15) is 14.0 Å². The largest absolute Gasteiger partial charge is 0.348 e. The molecule has 4 rings (SSSR count). The number of amides is 2. The average Bonchev–Trinajstić information content (AvgIpc) is 3.07. The molecule has 0 bridgehead atoms. The van der Waals surface area contributed by atoms with Gasteiger partial charge in [0.05, 0.1) is 16.3 Å². The van der Waals surface area contributed by atoms with Crippen molar-refractivity contribution in [2.24, 2.45) is 0 Å². The summed E-state index contributed by atoms with van der Waals surface area (Å²) in [6.45, 7) is 0.254. The van der Waals surface area contributed by atoms with E-state index in [0.717, 1.165) is 0 Å². The molecular formula is C21H14ClFN2O2. The van der Waals surface area contributed by atoms with Gasteiger partial charge in [-0.25, -0.2) is 4.39 Å². The minimum absolute atomic E-state index is 0.0139. The third-order valence-corrected chi connectivity index (χ3v) is 4.78. The van der Waals surface area contributed by atoms with Gasteiger partial charge in [0.2, 0.25) is 0 Å². The molecule has 0 saturated heterocycles.